The molecule has 1 aliphatic rings. The number of rotatable bonds is 3. The van der Waals surface area contributed by atoms with Crippen molar-refractivity contribution >= 4 is 40.9 Å². The minimum atomic E-state index is -0.495. The molecule has 2 aromatic heterocycles. The largest absolute Gasteiger partial charge is 0.481 e. The molecule has 0 atom stereocenters. The standard InChI is InChI=1S/C14H9ClN2O3S/c1-19-12-5-2-8(7-16-12)6-9-14(18)20-13(17-9)10-3-4-11(15)21-10/h2-7H,1H3/b9-6+. The third kappa shape index (κ3) is 2.96. The highest BCUT2D eigenvalue weighted by atomic mass is 35.5. The molecular weight excluding hydrogens is 312 g/mol. The van der Waals surface area contributed by atoms with Gasteiger partial charge in [-0.25, -0.2) is 14.8 Å². The van der Waals surface area contributed by atoms with Crippen LogP contribution in [0.4, 0.5) is 0 Å². The lowest BCUT2D eigenvalue weighted by Gasteiger charge is -1.97. The van der Waals surface area contributed by atoms with Crippen molar-refractivity contribution in [2.24, 2.45) is 4.99 Å². The van der Waals surface area contributed by atoms with Crippen LogP contribution >= 0.6 is 22.9 Å². The van der Waals surface area contributed by atoms with Gasteiger partial charge in [0.2, 0.25) is 11.8 Å². The number of carbonyl (C=O) groups excluding carboxylic acids is 1. The first-order valence-electron chi connectivity index (χ1n) is 5.94. The van der Waals surface area contributed by atoms with E-state index in [0.29, 0.717) is 15.1 Å². The van der Waals surface area contributed by atoms with Gasteiger partial charge in [-0.1, -0.05) is 11.6 Å². The highest BCUT2D eigenvalue weighted by Gasteiger charge is 2.25. The van der Waals surface area contributed by atoms with Gasteiger partial charge in [-0.2, -0.15) is 0 Å². The molecule has 106 valence electrons. The summed E-state index contributed by atoms with van der Waals surface area (Å²) >= 11 is 7.16. The lowest BCUT2D eigenvalue weighted by atomic mass is 10.2. The Kier molecular flexibility index (Phi) is 3.72. The maximum absolute atomic E-state index is 11.8. The van der Waals surface area contributed by atoms with Crippen molar-refractivity contribution in [3.8, 4) is 5.88 Å². The first-order chi connectivity index (χ1) is 10.2. The van der Waals surface area contributed by atoms with Crippen LogP contribution in [-0.4, -0.2) is 24.0 Å². The molecule has 2 aromatic rings. The Hall–Kier alpha value is -2.18. The number of pyridine rings is 1. The summed E-state index contributed by atoms with van der Waals surface area (Å²) in [5, 5.41) is 0. The van der Waals surface area contributed by atoms with Gasteiger partial charge in [0.05, 0.1) is 16.3 Å². The van der Waals surface area contributed by atoms with Crippen LogP contribution in [0, 0.1) is 0 Å². The summed E-state index contributed by atoms with van der Waals surface area (Å²) in [5.74, 6) is 0.276. The van der Waals surface area contributed by atoms with Crippen molar-refractivity contribution < 1.29 is 14.3 Å². The molecule has 0 unspecified atom stereocenters. The molecule has 0 saturated carbocycles. The zero-order valence-corrected chi connectivity index (χ0v) is 12.4. The Bertz CT molecular complexity index is 750. The monoisotopic (exact) mass is 320 g/mol. The van der Waals surface area contributed by atoms with Gasteiger partial charge in [0.25, 0.3) is 0 Å². The smallest absolute Gasteiger partial charge is 0.363 e. The van der Waals surface area contributed by atoms with Gasteiger partial charge in [0.15, 0.2) is 5.70 Å². The van der Waals surface area contributed by atoms with E-state index < -0.39 is 5.97 Å². The highest BCUT2D eigenvalue weighted by molar-refractivity contribution is 7.18. The summed E-state index contributed by atoms with van der Waals surface area (Å²) in [7, 11) is 1.54. The van der Waals surface area contributed by atoms with Crippen molar-refractivity contribution in [3.63, 3.8) is 0 Å². The van der Waals surface area contributed by atoms with Gasteiger partial charge >= 0.3 is 5.97 Å². The Morgan fingerprint density at radius 3 is 2.81 bits per heavy atom. The molecule has 3 rings (SSSR count). The number of carbonyl (C=O) groups is 1. The van der Waals surface area contributed by atoms with Crippen LogP contribution in [0.1, 0.15) is 10.4 Å². The van der Waals surface area contributed by atoms with Crippen LogP contribution in [-0.2, 0) is 9.53 Å². The molecule has 1 aliphatic heterocycles. The Morgan fingerprint density at radius 1 is 1.33 bits per heavy atom. The molecule has 0 saturated heterocycles. The van der Waals surface area contributed by atoms with Gasteiger partial charge < -0.3 is 9.47 Å². The summed E-state index contributed by atoms with van der Waals surface area (Å²) in [6, 6.07) is 6.97. The second-order valence-electron chi connectivity index (χ2n) is 4.07. The second kappa shape index (κ2) is 5.67. The fourth-order valence-electron chi connectivity index (χ4n) is 1.70. The fraction of sp³-hybridized carbons (Fsp3) is 0.0714. The van der Waals surface area contributed by atoms with E-state index in [2.05, 4.69) is 9.98 Å². The van der Waals surface area contributed by atoms with E-state index in [1.807, 2.05) is 0 Å². The number of halogens is 1. The number of hydrogen-bond donors (Lipinski definition) is 0. The number of cyclic esters (lactones) is 1. The molecule has 0 N–H and O–H groups in total. The Balaban J connectivity index is 1.88. The van der Waals surface area contributed by atoms with Gasteiger partial charge in [-0.15, -0.1) is 11.3 Å². The van der Waals surface area contributed by atoms with E-state index in [0.717, 1.165) is 5.56 Å². The SMILES string of the molecule is COc1ccc(/C=C2/N=C(c3ccc(Cl)s3)OC2=O)cn1. The number of hydrogen-bond acceptors (Lipinski definition) is 6. The Labute approximate surface area is 129 Å². The van der Waals surface area contributed by atoms with E-state index in [9.17, 15) is 4.79 Å². The summed E-state index contributed by atoms with van der Waals surface area (Å²) in [5.41, 5.74) is 0.957. The number of esters is 1. The topological polar surface area (TPSA) is 60.8 Å². The maximum Gasteiger partial charge on any atom is 0.363 e. The lowest BCUT2D eigenvalue weighted by Crippen LogP contribution is -2.03. The second-order valence-corrected chi connectivity index (χ2v) is 5.79. The zero-order valence-electron chi connectivity index (χ0n) is 10.9. The summed E-state index contributed by atoms with van der Waals surface area (Å²) < 4.78 is 10.7. The molecule has 0 aliphatic carbocycles. The normalized spacial score (nSPS) is 16.0. The number of nitrogens with zero attached hydrogens (tertiary/aromatic N) is 2. The number of thiophene rings is 1. The average Bonchev–Trinajstić information content (AvgIpc) is 3.07. The Morgan fingerprint density at radius 2 is 2.19 bits per heavy atom. The molecule has 0 spiro atoms. The quantitative estimate of drug-likeness (QED) is 0.644. The van der Waals surface area contributed by atoms with Crippen LogP contribution in [0.15, 0.2) is 41.2 Å². The number of aliphatic imine (C=N–C) groups is 1. The predicted octanol–water partition coefficient (Wildman–Crippen LogP) is 3.15. The van der Waals surface area contributed by atoms with E-state index in [1.54, 1.807) is 36.5 Å². The van der Waals surface area contributed by atoms with Crippen LogP contribution in [0.5, 0.6) is 5.88 Å². The molecule has 3 heterocycles. The van der Waals surface area contributed by atoms with Gasteiger partial charge in [-0.05, 0) is 29.8 Å². The van der Waals surface area contributed by atoms with E-state index in [4.69, 9.17) is 21.1 Å². The van der Waals surface area contributed by atoms with E-state index in [-0.39, 0.29) is 11.6 Å². The molecule has 7 heteroatoms. The molecule has 0 fully saturated rings. The fourth-order valence-corrected chi connectivity index (χ4v) is 2.67. The third-order valence-electron chi connectivity index (χ3n) is 2.68. The molecule has 5 nitrogen and oxygen atoms in total. The van der Waals surface area contributed by atoms with Crippen molar-refractivity contribution in [3.05, 3.63) is 50.9 Å². The average molecular weight is 321 g/mol. The van der Waals surface area contributed by atoms with Crippen molar-refractivity contribution in [2.45, 2.75) is 0 Å². The van der Waals surface area contributed by atoms with Crippen LogP contribution in [0.2, 0.25) is 4.34 Å². The summed E-state index contributed by atoms with van der Waals surface area (Å²) in [4.78, 5) is 20.8. The van der Waals surface area contributed by atoms with Crippen molar-refractivity contribution in [1.82, 2.24) is 4.98 Å². The molecular formula is C14H9ClN2O3S. The predicted molar refractivity (Wildman–Crippen MR) is 80.7 cm³/mol. The number of aromatic nitrogens is 1. The number of ether oxygens (including phenoxy) is 2. The van der Waals surface area contributed by atoms with Crippen LogP contribution in [0.25, 0.3) is 6.08 Å². The first kappa shape index (κ1) is 13.8. The van der Waals surface area contributed by atoms with Crippen molar-refractivity contribution in [2.75, 3.05) is 7.11 Å². The minimum absolute atomic E-state index is 0.224. The summed E-state index contributed by atoms with van der Waals surface area (Å²) in [6.07, 6.45) is 3.20. The van der Waals surface area contributed by atoms with E-state index >= 15 is 0 Å². The van der Waals surface area contributed by atoms with Crippen LogP contribution < -0.4 is 4.74 Å². The first-order valence-corrected chi connectivity index (χ1v) is 7.13. The zero-order chi connectivity index (χ0) is 14.8. The molecule has 0 radical (unpaired) electrons. The number of methoxy groups -OCH3 is 1. The van der Waals surface area contributed by atoms with Gasteiger partial charge in [0, 0.05) is 12.3 Å². The maximum atomic E-state index is 11.8. The summed E-state index contributed by atoms with van der Waals surface area (Å²) in [6.45, 7) is 0. The van der Waals surface area contributed by atoms with Crippen molar-refractivity contribution in [1.29, 1.82) is 0 Å². The molecule has 0 bridgehead atoms. The minimum Gasteiger partial charge on any atom is -0.481 e. The van der Waals surface area contributed by atoms with Crippen LogP contribution in [0.3, 0.4) is 0 Å². The molecule has 0 aromatic carbocycles. The highest BCUT2D eigenvalue weighted by Crippen LogP contribution is 2.26. The van der Waals surface area contributed by atoms with Gasteiger partial charge in [-0.3, -0.25) is 0 Å². The molecule has 0 amide bonds. The van der Waals surface area contributed by atoms with E-state index in [1.165, 1.54) is 18.4 Å². The third-order valence-corrected chi connectivity index (χ3v) is 3.90. The lowest BCUT2D eigenvalue weighted by molar-refractivity contribution is -0.129. The van der Waals surface area contributed by atoms with Gasteiger partial charge in [0.1, 0.15) is 0 Å². The molecule has 21 heavy (non-hydrogen) atoms.